The van der Waals surface area contributed by atoms with Crippen molar-refractivity contribution in [2.24, 2.45) is 0 Å². The zero-order chi connectivity index (χ0) is 17.8. The van der Waals surface area contributed by atoms with Crippen LogP contribution in [-0.2, 0) is 25.9 Å². The van der Waals surface area contributed by atoms with Crippen LogP contribution in [0.1, 0.15) is 32.6 Å². The standard InChI is InChI=1S/C15H21BN2O4S2/c1-14(2)15(3,4)22-16(21-14)11-6-7-17-12-8-10(23-13(11)12)9-18-24(5,19)20/h6-8,18H,9H2,1-5H3. The highest BCUT2D eigenvalue weighted by Crippen LogP contribution is 2.37. The van der Waals surface area contributed by atoms with E-state index in [2.05, 4.69) is 9.71 Å². The predicted octanol–water partition coefficient (Wildman–Crippen LogP) is 1.64. The van der Waals surface area contributed by atoms with Gasteiger partial charge in [-0.05, 0) is 39.8 Å². The molecule has 1 aliphatic heterocycles. The molecule has 0 amide bonds. The van der Waals surface area contributed by atoms with Gasteiger partial charge in [-0.3, -0.25) is 4.98 Å². The molecule has 6 nitrogen and oxygen atoms in total. The molecule has 0 aromatic carbocycles. The first-order valence-electron chi connectivity index (χ1n) is 7.66. The summed E-state index contributed by atoms with van der Waals surface area (Å²) in [4.78, 5) is 5.27. The molecule has 3 heterocycles. The van der Waals surface area contributed by atoms with Crippen LogP contribution < -0.4 is 10.2 Å². The lowest BCUT2D eigenvalue weighted by Gasteiger charge is -2.32. The summed E-state index contributed by atoms with van der Waals surface area (Å²) in [6.07, 6.45) is 2.87. The molecule has 130 valence electrons. The van der Waals surface area contributed by atoms with Gasteiger partial charge in [-0.1, -0.05) is 0 Å². The first-order chi connectivity index (χ1) is 11.0. The molecule has 0 atom stereocenters. The number of aromatic nitrogens is 1. The summed E-state index contributed by atoms with van der Waals surface area (Å²) in [5.74, 6) is 0. The lowest BCUT2D eigenvalue weighted by Crippen LogP contribution is -2.41. The number of hydrogen-bond acceptors (Lipinski definition) is 6. The topological polar surface area (TPSA) is 77.5 Å². The number of rotatable bonds is 4. The maximum Gasteiger partial charge on any atom is 0.496 e. The van der Waals surface area contributed by atoms with Crippen LogP contribution in [0.25, 0.3) is 10.2 Å². The molecule has 1 saturated heterocycles. The van der Waals surface area contributed by atoms with E-state index < -0.39 is 28.3 Å². The zero-order valence-electron chi connectivity index (χ0n) is 14.4. The van der Waals surface area contributed by atoms with Crippen LogP contribution in [-0.4, -0.2) is 38.0 Å². The van der Waals surface area contributed by atoms with Crippen molar-refractivity contribution in [3.8, 4) is 0 Å². The molecule has 3 rings (SSSR count). The molecule has 9 heteroatoms. The second-order valence-corrected chi connectivity index (χ2v) is 9.98. The maximum atomic E-state index is 11.3. The van der Waals surface area contributed by atoms with Crippen LogP contribution in [0.4, 0.5) is 0 Å². The van der Waals surface area contributed by atoms with Gasteiger partial charge in [-0.15, -0.1) is 11.3 Å². The average molecular weight is 368 g/mol. The molecule has 0 spiro atoms. The average Bonchev–Trinajstić information content (AvgIpc) is 2.94. The third-order valence-electron chi connectivity index (χ3n) is 4.51. The van der Waals surface area contributed by atoms with E-state index in [0.717, 1.165) is 26.8 Å². The van der Waals surface area contributed by atoms with E-state index in [4.69, 9.17) is 9.31 Å². The van der Waals surface area contributed by atoms with E-state index in [1.54, 1.807) is 6.20 Å². The minimum Gasteiger partial charge on any atom is -0.399 e. The number of nitrogens with zero attached hydrogens (tertiary/aromatic N) is 1. The number of fused-ring (bicyclic) bond motifs is 1. The summed E-state index contributed by atoms with van der Waals surface area (Å²) in [5.41, 5.74) is 0.919. The minimum atomic E-state index is -3.23. The Morgan fingerprint density at radius 1 is 1.25 bits per heavy atom. The quantitative estimate of drug-likeness (QED) is 0.831. The molecule has 24 heavy (non-hydrogen) atoms. The molecule has 1 aliphatic rings. The lowest BCUT2D eigenvalue weighted by atomic mass is 9.79. The monoisotopic (exact) mass is 368 g/mol. The Bertz CT molecular complexity index is 861. The van der Waals surface area contributed by atoms with Crippen molar-refractivity contribution < 1.29 is 17.7 Å². The van der Waals surface area contributed by atoms with E-state index in [1.165, 1.54) is 11.3 Å². The van der Waals surface area contributed by atoms with Crippen molar-refractivity contribution in [1.29, 1.82) is 0 Å². The van der Waals surface area contributed by atoms with Crippen molar-refractivity contribution >= 4 is 44.2 Å². The van der Waals surface area contributed by atoms with Crippen LogP contribution in [0.15, 0.2) is 18.3 Å². The Hall–Kier alpha value is -0.995. The van der Waals surface area contributed by atoms with Crippen molar-refractivity contribution in [3.05, 3.63) is 23.2 Å². The van der Waals surface area contributed by atoms with Crippen LogP contribution in [0.3, 0.4) is 0 Å². The van der Waals surface area contributed by atoms with E-state index in [1.807, 2.05) is 39.8 Å². The zero-order valence-corrected chi connectivity index (χ0v) is 16.0. The Labute approximate surface area is 146 Å². The second kappa shape index (κ2) is 5.77. The van der Waals surface area contributed by atoms with Crippen molar-refractivity contribution in [2.45, 2.75) is 45.4 Å². The number of nitrogens with one attached hydrogen (secondary N) is 1. The normalized spacial score (nSPS) is 20.0. The van der Waals surface area contributed by atoms with Crippen molar-refractivity contribution in [1.82, 2.24) is 9.71 Å². The highest BCUT2D eigenvalue weighted by molar-refractivity contribution is 7.88. The Morgan fingerprint density at radius 3 is 2.46 bits per heavy atom. The van der Waals surface area contributed by atoms with Gasteiger partial charge in [0.1, 0.15) is 0 Å². The first-order valence-corrected chi connectivity index (χ1v) is 10.4. The van der Waals surface area contributed by atoms with Gasteiger partial charge in [0.25, 0.3) is 0 Å². The van der Waals surface area contributed by atoms with E-state index in [0.29, 0.717) is 0 Å². The van der Waals surface area contributed by atoms with Crippen LogP contribution in [0, 0.1) is 0 Å². The summed E-state index contributed by atoms with van der Waals surface area (Å²) in [7, 11) is -3.69. The van der Waals surface area contributed by atoms with Gasteiger partial charge in [-0.2, -0.15) is 0 Å². The second-order valence-electron chi connectivity index (χ2n) is 7.01. The minimum absolute atomic E-state index is 0.253. The van der Waals surface area contributed by atoms with Gasteiger partial charge >= 0.3 is 7.12 Å². The number of hydrogen-bond donors (Lipinski definition) is 1. The number of thiophene rings is 1. The third kappa shape index (κ3) is 3.36. The summed E-state index contributed by atoms with van der Waals surface area (Å²) < 4.78 is 38.3. The van der Waals surface area contributed by atoms with Gasteiger partial charge in [-0.25, -0.2) is 13.1 Å². The van der Waals surface area contributed by atoms with Gasteiger partial charge in [0.05, 0.1) is 27.7 Å². The summed E-state index contributed by atoms with van der Waals surface area (Å²) >= 11 is 1.50. The smallest absolute Gasteiger partial charge is 0.399 e. The molecule has 2 aromatic rings. The fraction of sp³-hybridized carbons (Fsp3) is 0.533. The summed E-state index contributed by atoms with van der Waals surface area (Å²) in [5, 5.41) is 0. The SMILES string of the molecule is CC1(C)OB(c2ccnc3cc(CNS(C)(=O)=O)sc23)OC1(C)C. The molecular weight excluding hydrogens is 347 g/mol. The van der Waals surface area contributed by atoms with Crippen molar-refractivity contribution in [3.63, 3.8) is 0 Å². The molecule has 1 fully saturated rings. The predicted molar refractivity (Wildman–Crippen MR) is 97.0 cm³/mol. The molecular formula is C15H21BN2O4S2. The molecule has 1 N–H and O–H groups in total. The highest BCUT2D eigenvalue weighted by atomic mass is 32.2. The number of pyridine rings is 1. The third-order valence-corrected chi connectivity index (χ3v) is 6.35. The first kappa shape index (κ1) is 17.8. The van der Waals surface area contributed by atoms with Gasteiger partial charge in [0, 0.05) is 23.1 Å². The molecule has 0 unspecified atom stereocenters. The summed E-state index contributed by atoms with van der Waals surface area (Å²) in [6.45, 7) is 8.31. The fourth-order valence-corrected chi connectivity index (χ4v) is 4.04. The van der Waals surface area contributed by atoms with Gasteiger partial charge in [0.15, 0.2) is 0 Å². The maximum absolute atomic E-state index is 11.3. The largest absolute Gasteiger partial charge is 0.496 e. The van der Waals surface area contributed by atoms with E-state index >= 15 is 0 Å². The van der Waals surface area contributed by atoms with Crippen molar-refractivity contribution in [2.75, 3.05) is 6.26 Å². The Balaban J connectivity index is 1.94. The van der Waals surface area contributed by atoms with Crippen LogP contribution in [0.5, 0.6) is 0 Å². The number of sulfonamides is 1. The summed E-state index contributed by atoms with van der Waals surface area (Å²) in [6, 6.07) is 3.79. The Morgan fingerprint density at radius 2 is 1.88 bits per heavy atom. The fourth-order valence-electron chi connectivity index (χ4n) is 2.45. The van der Waals surface area contributed by atoms with Gasteiger partial charge < -0.3 is 9.31 Å². The van der Waals surface area contributed by atoms with E-state index in [9.17, 15) is 8.42 Å². The Kier molecular flexibility index (Phi) is 4.29. The highest BCUT2D eigenvalue weighted by Gasteiger charge is 2.52. The lowest BCUT2D eigenvalue weighted by molar-refractivity contribution is 0.00578. The molecule has 0 saturated carbocycles. The molecule has 0 radical (unpaired) electrons. The van der Waals surface area contributed by atoms with Crippen LogP contribution >= 0.6 is 11.3 Å². The van der Waals surface area contributed by atoms with E-state index in [-0.39, 0.29) is 6.54 Å². The molecule has 0 aliphatic carbocycles. The van der Waals surface area contributed by atoms with Crippen LogP contribution in [0.2, 0.25) is 0 Å². The van der Waals surface area contributed by atoms with Gasteiger partial charge in [0.2, 0.25) is 10.0 Å². The molecule has 2 aromatic heterocycles. The molecule has 0 bridgehead atoms.